The van der Waals surface area contributed by atoms with Crippen LogP contribution in [0.25, 0.3) is 0 Å². The second kappa shape index (κ2) is 6.12. The zero-order chi connectivity index (χ0) is 14.8. The van der Waals surface area contributed by atoms with Gasteiger partial charge in [0.1, 0.15) is 5.82 Å². The van der Waals surface area contributed by atoms with Crippen molar-refractivity contribution in [2.24, 2.45) is 11.8 Å². The van der Waals surface area contributed by atoms with E-state index in [1.807, 2.05) is 6.07 Å². The normalized spacial score (nSPS) is 25.0. The molecule has 2 unspecified atom stereocenters. The predicted octanol–water partition coefficient (Wildman–Crippen LogP) is 0.902. The molecule has 2 N–H and O–H groups in total. The first-order valence-electron chi connectivity index (χ1n) is 7.56. The zero-order valence-corrected chi connectivity index (χ0v) is 12.4. The van der Waals surface area contributed by atoms with E-state index in [1.54, 1.807) is 13.0 Å². The molecule has 5 heteroatoms. The van der Waals surface area contributed by atoms with E-state index >= 15 is 0 Å². The highest BCUT2D eigenvalue weighted by Crippen LogP contribution is 2.25. The Morgan fingerprint density at radius 1 is 1.38 bits per heavy atom. The van der Waals surface area contributed by atoms with Crippen LogP contribution in [0.5, 0.6) is 0 Å². The van der Waals surface area contributed by atoms with E-state index in [2.05, 4.69) is 15.5 Å². The van der Waals surface area contributed by atoms with Gasteiger partial charge in [-0.05, 0) is 49.0 Å². The number of carbonyl (C=O) groups is 1. The fourth-order valence-electron chi connectivity index (χ4n) is 3.29. The summed E-state index contributed by atoms with van der Waals surface area (Å²) in [6, 6.07) is 5.08. The molecule has 0 radical (unpaired) electrons. The Kier molecular flexibility index (Phi) is 4.22. The van der Waals surface area contributed by atoms with Crippen LogP contribution in [-0.2, 0) is 11.3 Å². The SMILES string of the molecule is Cc1ccc(CNC(=O)CN2CC3CNCC3C2)cc1F. The Morgan fingerprint density at radius 2 is 2.10 bits per heavy atom. The number of amides is 1. The van der Waals surface area contributed by atoms with Crippen molar-refractivity contribution in [1.82, 2.24) is 15.5 Å². The average Bonchev–Trinajstić information content (AvgIpc) is 3.01. The Hall–Kier alpha value is -1.46. The van der Waals surface area contributed by atoms with Crippen molar-refractivity contribution in [2.75, 3.05) is 32.7 Å². The fraction of sp³-hybridized carbons (Fsp3) is 0.562. The van der Waals surface area contributed by atoms with Crippen molar-refractivity contribution >= 4 is 5.91 Å². The van der Waals surface area contributed by atoms with Crippen LogP contribution in [0, 0.1) is 24.6 Å². The molecule has 0 spiro atoms. The van der Waals surface area contributed by atoms with Crippen molar-refractivity contribution in [3.63, 3.8) is 0 Å². The third-order valence-electron chi connectivity index (χ3n) is 4.56. The van der Waals surface area contributed by atoms with Gasteiger partial charge < -0.3 is 10.6 Å². The van der Waals surface area contributed by atoms with Gasteiger partial charge in [-0.15, -0.1) is 0 Å². The summed E-state index contributed by atoms with van der Waals surface area (Å²) in [5.74, 6) is 1.19. The number of halogens is 1. The van der Waals surface area contributed by atoms with Crippen molar-refractivity contribution in [1.29, 1.82) is 0 Å². The van der Waals surface area contributed by atoms with E-state index in [0.717, 1.165) is 31.7 Å². The molecule has 0 aliphatic carbocycles. The second-order valence-electron chi connectivity index (χ2n) is 6.23. The van der Waals surface area contributed by atoms with Gasteiger partial charge >= 0.3 is 0 Å². The van der Waals surface area contributed by atoms with E-state index in [-0.39, 0.29) is 11.7 Å². The van der Waals surface area contributed by atoms with Crippen LogP contribution in [0.15, 0.2) is 18.2 Å². The number of carbonyl (C=O) groups excluding carboxylic acids is 1. The third-order valence-corrected chi connectivity index (χ3v) is 4.56. The van der Waals surface area contributed by atoms with Crippen LogP contribution in [0.3, 0.4) is 0 Å². The van der Waals surface area contributed by atoms with Gasteiger partial charge in [-0.25, -0.2) is 4.39 Å². The second-order valence-corrected chi connectivity index (χ2v) is 6.23. The minimum atomic E-state index is -0.221. The van der Waals surface area contributed by atoms with Crippen LogP contribution in [0.1, 0.15) is 11.1 Å². The molecule has 0 aromatic heterocycles. The van der Waals surface area contributed by atoms with Crippen molar-refractivity contribution < 1.29 is 9.18 Å². The van der Waals surface area contributed by atoms with Gasteiger partial charge in [-0.2, -0.15) is 0 Å². The van der Waals surface area contributed by atoms with E-state index in [4.69, 9.17) is 0 Å². The molecule has 2 atom stereocenters. The molecule has 1 aromatic rings. The number of benzene rings is 1. The minimum Gasteiger partial charge on any atom is -0.351 e. The fourth-order valence-corrected chi connectivity index (χ4v) is 3.29. The van der Waals surface area contributed by atoms with E-state index in [0.29, 0.717) is 30.5 Å². The standard InChI is InChI=1S/C16H22FN3O/c1-11-2-3-12(4-15(11)17)5-19-16(21)10-20-8-13-6-18-7-14(13)9-20/h2-4,13-14,18H,5-10H2,1H3,(H,19,21). The summed E-state index contributed by atoms with van der Waals surface area (Å²) in [6.07, 6.45) is 0. The maximum Gasteiger partial charge on any atom is 0.234 e. The van der Waals surface area contributed by atoms with Crippen molar-refractivity contribution in [3.05, 3.63) is 35.1 Å². The molecule has 3 rings (SSSR count). The Morgan fingerprint density at radius 3 is 2.76 bits per heavy atom. The average molecular weight is 291 g/mol. The van der Waals surface area contributed by atoms with Gasteiger partial charge in [0.25, 0.3) is 0 Å². The number of hydrogen-bond donors (Lipinski definition) is 2. The Labute approximate surface area is 124 Å². The van der Waals surface area contributed by atoms with E-state index in [1.165, 1.54) is 6.07 Å². The summed E-state index contributed by atoms with van der Waals surface area (Å²) in [6.45, 7) is 6.72. The number of rotatable bonds is 4. The third kappa shape index (κ3) is 3.41. The lowest BCUT2D eigenvalue weighted by molar-refractivity contribution is -0.122. The van der Waals surface area contributed by atoms with Gasteiger partial charge in [0, 0.05) is 19.6 Å². The molecular formula is C16H22FN3O. The summed E-state index contributed by atoms with van der Waals surface area (Å²) < 4.78 is 13.4. The van der Waals surface area contributed by atoms with Crippen molar-refractivity contribution in [3.8, 4) is 0 Å². The molecular weight excluding hydrogens is 269 g/mol. The van der Waals surface area contributed by atoms with Crippen LogP contribution >= 0.6 is 0 Å². The van der Waals surface area contributed by atoms with E-state index < -0.39 is 0 Å². The maximum absolute atomic E-state index is 13.4. The van der Waals surface area contributed by atoms with Gasteiger partial charge in [-0.1, -0.05) is 12.1 Å². The smallest absolute Gasteiger partial charge is 0.234 e. The van der Waals surface area contributed by atoms with Crippen LogP contribution in [0.2, 0.25) is 0 Å². The predicted molar refractivity (Wildman–Crippen MR) is 79.3 cm³/mol. The molecule has 1 amide bonds. The lowest BCUT2D eigenvalue weighted by Crippen LogP contribution is -2.37. The molecule has 2 aliphatic heterocycles. The molecule has 2 aliphatic rings. The highest BCUT2D eigenvalue weighted by molar-refractivity contribution is 5.78. The first kappa shape index (κ1) is 14.5. The first-order chi connectivity index (χ1) is 10.1. The summed E-state index contributed by atoms with van der Waals surface area (Å²) in [5.41, 5.74) is 1.43. The molecule has 0 bridgehead atoms. The van der Waals surface area contributed by atoms with E-state index in [9.17, 15) is 9.18 Å². The number of aryl methyl sites for hydroxylation is 1. The Balaban J connectivity index is 1.45. The number of nitrogens with zero attached hydrogens (tertiary/aromatic N) is 1. The van der Waals surface area contributed by atoms with Crippen LogP contribution in [-0.4, -0.2) is 43.5 Å². The molecule has 2 heterocycles. The van der Waals surface area contributed by atoms with Gasteiger partial charge in [0.05, 0.1) is 6.54 Å². The molecule has 2 saturated heterocycles. The summed E-state index contributed by atoms with van der Waals surface area (Å²) in [4.78, 5) is 14.2. The topological polar surface area (TPSA) is 44.4 Å². The maximum atomic E-state index is 13.4. The summed E-state index contributed by atoms with van der Waals surface area (Å²) in [5, 5.41) is 6.27. The lowest BCUT2D eigenvalue weighted by Gasteiger charge is -2.16. The molecule has 114 valence electrons. The first-order valence-corrected chi connectivity index (χ1v) is 7.56. The molecule has 1 aromatic carbocycles. The van der Waals surface area contributed by atoms with Gasteiger partial charge in [0.15, 0.2) is 0 Å². The minimum absolute atomic E-state index is 0.0175. The lowest BCUT2D eigenvalue weighted by atomic mass is 10.0. The summed E-state index contributed by atoms with van der Waals surface area (Å²) >= 11 is 0. The van der Waals surface area contributed by atoms with Crippen molar-refractivity contribution in [2.45, 2.75) is 13.5 Å². The van der Waals surface area contributed by atoms with Gasteiger partial charge in [0.2, 0.25) is 5.91 Å². The van der Waals surface area contributed by atoms with Gasteiger partial charge in [-0.3, -0.25) is 9.69 Å². The molecule has 21 heavy (non-hydrogen) atoms. The summed E-state index contributed by atoms with van der Waals surface area (Å²) in [7, 11) is 0. The highest BCUT2D eigenvalue weighted by atomic mass is 19.1. The Bertz CT molecular complexity index is 522. The number of nitrogens with one attached hydrogen (secondary N) is 2. The number of fused-ring (bicyclic) bond motifs is 1. The monoisotopic (exact) mass is 291 g/mol. The van der Waals surface area contributed by atoms with Crippen LogP contribution < -0.4 is 10.6 Å². The number of likely N-dealkylation sites (tertiary alicyclic amines) is 1. The molecule has 2 fully saturated rings. The highest BCUT2D eigenvalue weighted by Gasteiger charge is 2.36. The largest absolute Gasteiger partial charge is 0.351 e. The zero-order valence-electron chi connectivity index (χ0n) is 12.4. The quantitative estimate of drug-likeness (QED) is 0.866. The molecule has 0 saturated carbocycles. The molecule has 4 nitrogen and oxygen atoms in total. The number of hydrogen-bond acceptors (Lipinski definition) is 3. The van der Waals surface area contributed by atoms with Crippen LogP contribution in [0.4, 0.5) is 4.39 Å².